The molecule has 1 saturated heterocycles. The summed E-state index contributed by atoms with van der Waals surface area (Å²) in [5.74, 6) is -1.84. The molecule has 5 atom stereocenters. The lowest BCUT2D eigenvalue weighted by molar-refractivity contribution is -0.255. The number of hydrogen-bond donors (Lipinski definition) is 2. The van der Waals surface area contributed by atoms with E-state index < -0.39 is 30.4 Å². The van der Waals surface area contributed by atoms with Crippen LogP contribution in [0.3, 0.4) is 0 Å². The van der Waals surface area contributed by atoms with Crippen LogP contribution in [-0.2, 0) is 42.8 Å². The number of aliphatic carboxylic acids is 1. The summed E-state index contributed by atoms with van der Waals surface area (Å²) in [5.41, 5.74) is 0. The molecule has 180 valence electrons. The van der Waals surface area contributed by atoms with Gasteiger partial charge in [0.05, 0.1) is 45.7 Å². The van der Waals surface area contributed by atoms with Crippen molar-refractivity contribution >= 4 is 17.8 Å². The summed E-state index contributed by atoms with van der Waals surface area (Å²) in [6, 6.07) is -0.631. The Balaban J connectivity index is 2.39. The van der Waals surface area contributed by atoms with E-state index in [0.717, 1.165) is 0 Å². The Morgan fingerprint density at radius 3 is 2.06 bits per heavy atom. The highest BCUT2D eigenvalue weighted by Gasteiger charge is 2.46. The Bertz CT molecular complexity index is 558. The number of nitrogens with one attached hydrogen (secondary N) is 1. The molecule has 0 bridgehead atoms. The second kappa shape index (κ2) is 15.1. The van der Waals surface area contributed by atoms with Gasteiger partial charge in [0, 0.05) is 19.8 Å². The highest BCUT2D eigenvalue weighted by Crippen LogP contribution is 2.30. The highest BCUT2D eigenvalue weighted by atomic mass is 16.7. The Hall–Kier alpha value is -1.79. The second-order valence-corrected chi connectivity index (χ2v) is 7.15. The molecule has 0 aromatic heterocycles. The number of ether oxygens (including phenoxy) is 6. The Kier molecular flexibility index (Phi) is 13.3. The van der Waals surface area contributed by atoms with Crippen LogP contribution < -0.4 is 5.32 Å². The van der Waals surface area contributed by atoms with E-state index in [1.54, 1.807) is 0 Å². The molecule has 0 aromatic carbocycles. The lowest BCUT2D eigenvalue weighted by Gasteiger charge is -2.44. The van der Waals surface area contributed by atoms with Crippen molar-refractivity contribution in [2.75, 3.05) is 46.2 Å². The maximum Gasteiger partial charge on any atom is 0.329 e. The number of amides is 1. The number of carbonyl (C=O) groups is 3. The minimum Gasteiger partial charge on any atom is -0.480 e. The number of esters is 1. The summed E-state index contributed by atoms with van der Waals surface area (Å²) in [4.78, 5) is 33.6. The maximum absolute atomic E-state index is 11.7. The molecule has 31 heavy (non-hydrogen) atoms. The first-order valence-corrected chi connectivity index (χ1v) is 10.4. The SMILES string of the molecule is CC[C@H]1O[C@@H](OCCOCCOCCOCC(=O)O)[C@H](NC(C)=O)[C@@H](OC(C)=O)[C@H]1C. The first-order chi connectivity index (χ1) is 14.8. The molecule has 1 aliphatic rings. The van der Waals surface area contributed by atoms with Crippen LogP contribution in [0.1, 0.15) is 34.1 Å². The van der Waals surface area contributed by atoms with E-state index in [1.165, 1.54) is 13.8 Å². The van der Waals surface area contributed by atoms with Crippen LogP contribution >= 0.6 is 0 Å². The molecule has 2 N–H and O–H groups in total. The van der Waals surface area contributed by atoms with Gasteiger partial charge in [0.2, 0.25) is 5.91 Å². The minimum absolute atomic E-state index is 0.113. The van der Waals surface area contributed by atoms with Gasteiger partial charge >= 0.3 is 11.9 Å². The van der Waals surface area contributed by atoms with Gasteiger partial charge < -0.3 is 38.8 Å². The quantitative estimate of drug-likeness (QED) is 0.266. The Morgan fingerprint density at radius 2 is 1.55 bits per heavy atom. The van der Waals surface area contributed by atoms with Crippen LogP contribution in [0.2, 0.25) is 0 Å². The van der Waals surface area contributed by atoms with E-state index in [1.807, 2.05) is 13.8 Å². The average Bonchev–Trinajstić information content (AvgIpc) is 2.69. The van der Waals surface area contributed by atoms with Crippen LogP contribution in [0.15, 0.2) is 0 Å². The molecule has 11 nitrogen and oxygen atoms in total. The summed E-state index contributed by atoms with van der Waals surface area (Å²) in [6.07, 6.45) is -0.823. The van der Waals surface area contributed by atoms with E-state index >= 15 is 0 Å². The minimum atomic E-state index is -1.02. The van der Waals surface area contributed by atoms with E-state index in [4.69, 9.17) is 33.5 Å². The van der Waals surface area contributed by atoms with E-state index in [0.29, 0.717) is 19.6 Å². The van der Waals surface area contributed by atoms with Gasteiger partial charge in [0.15, 0.2) is 6.29 Å². The summed E-state index contributed by atoms with van der Waals surface area (Å²) < 4.78 is 32.8. The molecule has 0 unspecified atom stereocenters. The first kappa shape index (κ1) is 27.2. The van der Waals surface area contributed by atoms with Gasteiger partial charge in [-0.25, -0.2) is 4.79 Å². The van der Waals surface area contributed by atoms with E-state index in [2.05, 4.69) is 5.32 Å². The summed E-state index contributed by atoms with van der Waals surface area (Å²) in [6.45, 7) is 7.86. The van der Waals surface area contributed by atoms with Crippen molar-refractivity contribution in [3.63, 3.8) is 0 Å². The van der Waals surface area contributed by atoms with Crippen molar-refractivity contribution in [3.05, 3.63) is 0 Å². The number of carboxylic acids is 1. The third kappa shape index (κ3) is 10.9. The van der Waals surface area contributed by atoms with Gasteiger partial charge in [-0.15, -0.1) is 0 Å². The lowest BCUT2D eigenvalue weighted by Crippen LogP contribution is -2.62. The summed E-state index contributed by atoms with van der Waals surface area (Å²) in [7, 11) is 0. The van der Waals surface area contributed by atoms with Crippen LogP contribution in [-0.4, -0.2) is 93.7 Å². The lowest BCUT2D eigenvalue weighted by atomic mass is 9.87. The number of hydrogen-bond acceptors (Lipinski definition) is 9. The summed E-state index contributed by atoms with van der Waals surface area (Å²) in [5, 5.41) is 11.2. The highest BCUT2D eigenvalue weighted by molar-refractivity contribution is 5.73. The largest absolute Gasteiger partial charge is 0.480 e. The molecule has 1 rings (SSSR count). The predicted molar refractivity (Wildman–Crippen MR) is 107 cm³/mol. The molecule has 1 amide bonds. The van der Waals surface area contributed by atoms with Gasteiger partial charge in [0.25, 0.3) is 0 Å². The Labute approximate surface area is 182 Å². The Morgan fingerprint density at radius 1 is 0.968 bits per heavy atom. The van der Waals surface area contributed by atoms with Crippen molar-refractivity contribution < 1.29 is 47.9 Å². The molecular weight excluding hydrogens is 414 g/mol. The number of carbonyl (C=O) groups excluding carboxylic acids is 2. The predicted octanol–water partition coefficient (Wildman–Crippen LogP) is 0.345. The molecule has 1 fully saturated rings. The van der Waals surface area contributed by atoms with Crippen molar-refractivity contribution in [2.24, 2.45) is 5.92 Å². The van der Waals surface area contributed by atoms with Gasteiger partial charge in [0.1, 0.15) is 18.8 Å². The molecule has 0 saturated carbocycles. The molecule has 1 heterocycles. The van der Waals surface area contributed by atoms with Crippen molar-refractivity contribution in [1.82, 2.24) is 5.32 Å². The molecule has 0 spiro atoms. The van der Waals surface area contributed by atoms with Crippen LogP contribution in [0, 0.1) is 5.92 Å². The van der Waals surface area contributed by atoms with E-state index in [9.17, 15) is 14.4 Å². The molecule has 0 aromatic rings. The second-order valence-electron chi connectivity index (χ2n) is 7.15. The molecule has 0 radical (unpaired) electrons. The fraction of sp³-hybridized carbons (Fsp3) is 0.850. The monoisotopic (exact) mass is 449 g/mol. The standard InChI is InChI=1S/C20H35NO10/c1-5-16-13(2)19(30-15(4)23)18(21-14(3)22)20(31-16)29-11-10-27-7-6-26-8-9-28-12-17(24)25/h13,16,18-20H,5-12H2,1-4H3,(H,21,22)(H,24,25)/t13-,16+,18+,19-,20+/m0/s1. The molecule has 1 aliphatic heterocycles. The zero-order valence-corrected chi connectivity index (χ0v) is 18.7. The first-order valence-electron chi connectivity index (χ1n) is 10.4. The van der Waals surface area contributed by atoms with Gasteiger partial charge in [-0.2, -0.15) is 0 Å². The maximum atomic E-state index is 11.7. The zero-order valence-electron chi connectivity index (χ0n) is 18.7. The smallest absolute Gasteiger partial charge is 0.329 e. The van der Waals surface area contributed by atoms with E-state index in [-0.39, 0.29) is 51.0 Å². The van der Waals surface area contributed by atoms with Crippen molar-refractivity contribution in [3.8, 4) is 0 Å². The molecular formula is C20H35NO10. The van der Waals surface area contributed by atoms with Gasteiger partial charge in [-0.3, -0.25) is 9.59 Å². The van der Waals surface area contributed by atoms with Crippen molar-refractivity contribution in [2.45, 2.75) is 58.7 Å². The third-order valence-corrected chi connectivity index (χ3v) is 4.61. The zero-order chi connectivity index (χ0) is 23.2. The van der Waals surface area contributed by atoms with Crippen LogP contribution in [0.25, 0.3) is 0 Å². The summed E-state index contributed by atoms with van der Waals surface area (Å²) >= 11 is 0. The number of carboxylic acid groups (broad SMARTS) is 1. The van der Waals surface area contributed by atoms with Gasteiger partial charge in [-0.1, -0.05) is 13.8 Å². The number of rotatable bonds is 15. The third-order valence-electron chi connectivity index (χ3n) is 4.61. The fourth-order valence-electron chi connectivity index (χ4n) is 3.26. The average molecular weight is 449 g/mol. The van der Waals surface area contributed by atoms with Crippen LogP contribution in [0.4, 0.5) is 0 Å². The topological polar surface area (TPSA) is 139 Å². The normalized spacial score (nSPS) is 25.7. The van der Waals surface area contributed by atoms with Crippen LogP contribution in [0.5, 0.6) is 0 Å². The molecule has 11 heteroatoms. The van der Waals surface area contributed by atoms with Gasteiger partial charge in [-0.05, 0) is 6.42 Å². The van der Waals surface area contributed by atoms with Crippen molar-refractivity contribution in [1.29, 1.82) is 0 Å². The molecule has 0 aliphatic carbocycles. The fourth-order valence-corrected chi connectivity index (χ4v) is 3.26.